The lowest BCUT2D eigenvalue weighted by molar-refractivity contribution is 0.133. The summed E-state index contributed by atoms with van der Waals surface area (Å²) in [6.45, 7) is 3.36. The highest BCUT2D eigenvalue weighted by Crippen LogP contribution is 2.42. The van der Waals surface area contributed by atoms with Crippen LogP contribution in [0.5, 0.6) is 5.75 Å². The lowest BCUT2D eigenvalue weighted by atomic mass is 9.70. The normalized spacial score (nSPS) is 17.7. The lowest BCUT2D eigenvalue weighted by Crippen LogP contribution is -2.30. The number of methoxy groups -OCH3 is 1. The van der Waals surface area contributed by atoms with Crippen molar-refractivity contribution in [1.29, 1.82) is 0 Å². The molecule has 1 N–H and O–H groups in total. The summed E-state index contributed by atoms with van der Waals surface area (Å²) >= 11 is 5.44. The molecule has 2 aromatic rings. The number of hydrogen-bond donors (Lipinski definition) is 1. The molecule has 1 aromatic heterocycles. The molecule has 4 heteroatoms. The Labute approximate surface area is 112 Å². The van der Waals surface area contributed by atoms with Crippen molar-refractivity contribution in [2.24, 2.45) is 5.41 Å². The number of rotatable bonds is 3. The van der Waals surface area contributed by atoms with E-state index in [-0.39, 0.29) is 0 Å². The third-order valence-corrected chi connectivity index (χ3v) is 4.40. The molecule has 1 aliphatic carbocycles. The van der Waals surface area contributed by atoms with E-state index >= 15 is 0 Å². The maximum atomic E-state index is 5.44. The summed E-state index contributed by atoms with van der Waals surface area (Å²) in [5.74, 6) is 0.862. The van der Waals surface area contributed by atoms with E-state index in [9.17, 15) is 0 Å². The number of aromatic amines is 1. The van der Waals surface area contributed by atoms with Crippen molar-refractivity contribution in [3.8, 4) is 5.75 Å². The van der Waals surface area contributed by atoms with Gasteiger partial charge in [-0.1, -0.05) is 13.3 Å². The summed E-state index contributed by atoms with van der Waals surface area (Å²) in [7, 11) is 1.68. The molecule has 0 atom stereocenters. The Morgan fingerprint density at radius 1 is 1.44 bits per heavy atom. The fraction of sp³-hybridized carbons (Fsp3) is 0.500. The number of fused-ring (bicyclic) bond motifs is 1. The Hall–Kier alpha value is -1.29. The fourth-order valence-electron chi connectivity index (χ4n) is 2.75. The number of hydrogen-bond acceptors (Lipinski definition) is 2. The standard InChI is InChI=1S/C14H18N2OS/c1-14(6-3-7-14)9-16-12-5-4-10(17-2)8-11(12)15-13(16)18/h4-5,8H,3,6-7,9H2,1-2H3,(H,15,18). The first-order valence-corrected chi connectivity index (χ1v) is 6.79. The predicted octanol–water partition coefficient (Wildman–Crippen LogP) is 3.90. The van der Waals surface area contributed by atoms with Crippen LogP contribution in [0.1, 0.15) is 26.2 Å². The van der Waals surface area contributed by atoms with Gasteiger partial charge in [0.05, 0.1) is 18.1 Å². The molecule has 96 valence electrons. The van der Waals surface area contributed by atoms with E-state index < -0.39 is 0 Å². The molecule has 1 saturated carbocycles. The fourth-order valence-corrected chi connectivity index (χ4v) is 3.02. The van der Waals surface area contributed by atoms with Crippen LogP contribution in [0, 0.1) is 10.2 Å². The van der Waals surface area contributed by atoms with E-state index in [4.69, 9.17) is 17.0 Å². The molecule has 0 saturated heterocycles. The number of ether oxygens (including phenoxy) is 1. The average Bonchev–Trinajstić information content (AvgIpc) is 2.63. The molecular formula is C14H18N2OS. The van der Waals surface area contributed by atoms with Gasteiger partial charge in [-0.15, -0.1) is 0 Å². The van der Waals surface area contributed by atoms with Gasteiger partial charge in [0.15, 0.2) is 4.77 Å². The van der Waals surface area contributed by atoms with Crippen LogP contribution in [0.25, 0.3) is 11.0 Å². The van der Waals surface area contributed by atoms with Gasteiger partial charge in [-0.25, -0.2) is 0 Å². The smallest absolute Gasteiger partial charge is 0.178 e. The highest BCUT2D eigenvalue weighted by molar-refractivity contribution is 7.71. The highest BCUT2D eigenvalue weighted by atomic mass is 32.1. The van der Waals surface area contributed by atoms with Crippen molar-refractivity contribution in [3.05, 3.63) is 23.0 Å². The van der Waals surface area contributed by atoms with E-state index in [0.717, 1.165) is 22.6 Å². The Morgan fingerprint density at radius 3 is 2.83 bits per heavy atom. The topological polar surface area (TPSA) is 29.9 Å². The van der Waals surface area contributed by atoms with Gasteiger partial charge >= 0.3 is 0 Å². The Bertz CT molecular complexity index is 637. The SMILES string of the molecule is COc1ccc2c(c1)[nH]c(=S)n2CC1(C)CCC1. The summed E-state index contributed by atoms with van der Waals surface area (Å²) in [5.41, 5.74) is 2.66. The Kier molecular flexibility index (Phi) is 2.70. The molecule has 1 aromatic carbocycles. The predicted molar refractivity (Wildman–Crippen MR) is 75.6 cm³/mol. The van der Waals surface area contributed by atoms with Gasteiger partial charge in [0.25, 0.3) is 0 Å². The summed E-state index contributed by atoms with van der Waals surface area (Å²) in [6, 6.07) is 6.08. The molecule has 0 amide bonds. The zero-order chi connectivity index (χ0) is 12.8. The van der Waals surface area contributed by atoms with Crippen molar-refractivity contribution in [3.63, 3.8) is 0 Å². The molecule has 0 aliphatic heterocycles. The Balaban J connectivity index is 2.05. The van der Waals surface area contributed by atoms with E-state index in [1.165, 1.54) is 24.8 Å². The molecule has 3 nitrogen and oxygen atoms in total. The van der Waals surface area contributed by atoms with Crippen molar-refractivity contribution in [1.82, 2.24) is 9.55 Å². The first-order valence-electron chi connectivity index (χ1n) is 6.38. The van der Waals surface area contributed by atoms with Crippen LogP contribution in [-0.4, -0.2) is 16.7 Å². The summed E-state index contributed by atoms with van der Waals surface area (Å²) in [4.78, 5) is 3.27. The average molecular weight is 262 g/mol. The quantitative estimate of drug-likeness (QED) is 0.850. The van der Waals surface area contributed by atoms with Crippen LogP contribution in [-0.2, 0) is 6.54 Å². The van der Waals surface area contributed by atoms with Crippen LogP contribution in [0.3, 0.4) is 0 Å². The lowest BCUT2D eigenvalue weighted by Gasteiger charge is -2.38. The largest absolute Gasteiger partial charge is 0.497 e. The number of imidazole rings is 1. The molecule has 1 heterocycles. The van der Waals surface area contributed by atoms with Gasteiger partial charge in [-0.2, -0.15) is 0 Å². The van der Waals surface area contributed by atoms with E-state index in [1.807, 2.05) is 12.1 Å². The first kappa shape index (κ1) is 11.8. The van der Waals surface area contributed by atoms with E-state index in [1.54, 1.807) is 7.11 Å². The third kappa shape index (κ3) is 1.85. The zero-order valence-corrected chi connectivity index (χ0v) is 11.6. The third-order valence-electron chi connectivity index (χ3n) is 4.08. The van der Waals surface area contributed by atoms with Gasteiger partial charge in [0.2, 0.25) is 0 Å². The molecular weight excluding hydrogens is 244 g/mol. The second-order valence-corrected chi connectivity index (χ2v) is 5.95. The molecule has 0 unspecified atom stereocenters. The van der Waals surface area contributed by atoms with Crippen LogP contribution in [0.4, 0.5) is 0 Å². The van der Waals surface area contributed by atoms with Crippen molar-refractivity contribution >= 4 is 23.3 Å². The monoisotopic (exact) mass is 262 g/mol. The molecule has 0 radical (unpaired) electrons. The maximum Gasteiger partial charge on any atom is 0.178 e. The number of nitrogens with one attached hydrogen (secondary N) is 1. The number of aromatic nitrogens is 2. The van der Waals surface area contributed by atoms with Crippen LogP contribution < -0.4 is 4.74 Å². The minimum atomic E-state index is 0.424. The van der Waals surface area contributed by atoms with Gasteiger partial charge in [0, 0.05) is 12.6 Å². The zero-order valence-electron chi connectivity index (χ0n) is 10.8. The number of benzene rings is 1. The van der Waals surface area contributed by atoms with Crippen molar-refractivity contribution < 1.29 is 4.74 Å². The van der Waals surface area contributed by atoms with Crippen LogP contribution in [0.2, 0.25) is 0 Å². The molecule has 18 heavy (non-hydrogen) atoms. The molecule has 0 bridgehead atoms. The minimum Gasteiger partial charge on any atom is -0.497 e. The summed E-state index contributed by atoms with van der Waals surface area (Å²) in [5, 5.41) is 0. The second-order valence-electron chi connectivity index (χ2n) is 5.56. The van der Waals surface area contributed by atoms with Gasteiger partial charge < -0.3 is 14.3 Å². The van der Waals surface area contributed by atoms with E-state index in [0.29, 0.717) is 5.41 Å². The van der Waals surface area contributed by atoms with E-state index in [2.05, 4.69) is 22.5 Å². The highest BCUT2D eigenvalue weighted by Gasteiger charge is 2.32. The van der Waals surface area contributed by atoms with Crippen molar-refractivity contribution in [2.45, 2.75) is 32.7 Å². The van der Waals surface area contributed by atoms with Gasteiger partial charge in [-0.05, 0) is 42.6 Å². The summed E-state index contributed by atoms with van der Waals surface area (Å²) < 4.78 is 8.28. The Morgan fingerprint density at radius 2 is 2.22 bits per heavy atom. The first-order chi connectivity index (χ1) is 8.61. The number of H-pyrrole nitrogens is 1. The molecule has 3 rings (SSSR count). The van der Waals surface area contributed by atoms with Crippen LogP contribution in [0.15, 0.2) is 18.2 Å². The van der Waals surface area contributed by atoms with Crippen LogP contribution >= 0.6 is 12.2 Å². The minimum absolute atomic E-state index is 0.424. The molecule has 1 fully saturated rings. The molecule has 1 aliphatic rings. The molecule has 0 spiro atoms. The van der Waals surface area contributed by atoms with Gasteiger partial charge in [0.1, 0.15) is 5.75 Å². The maximum absolute atomic E-state index is 5.44. The van der Waals surface area contributed by atoms with Gasteiger partial charge in [-0.3, -0.25) is 0 Å². The summed E-state index contributed by atoms with van der Waals surface area (Å²) in [6.07, 6.45) is 3.95. The second kappa shape index (κ2) is 4.12. The number of nitrogens with zero attached hydrogens (tertiary/aromatic N) is 1. The van der Waals surface area contributed by atoms with Crippen molar-refractivity contribution in [2.75, 3.05) is 7.11 Å².